The van der Waals surface area contributed by atoms with Crippen LogP contribution in [0.15, 0.2) is 0 Å². The molecule has 0 aliphatic carbocycles. The predicted molar refractivity (Wildman–Crippen MR) is 54.8 cm³/mol. The molecule has 0 atom stereocenters. The Balaban J connectivity index is 2.17. The van der Waals surface area contributed by atoms with Crippen LogP contribution in [0.5, 0.6) is 0 Å². The van der Waals surface area contributed by atoms with E-state index in [2.05, 4.69) is 35.6 Å². The van der Waals surface area contributed by atoms with E-state index in [0.717, 1.165) is 0 Å². The molecule has 1 heterocycles. The minimum atomic E-state index is 0.294. The van der Waals surface area contributed by atoms with Gasteiger partial charge in [-0.25, -0.2) is 0 Å². The van der Waals surface area contributed by atoms with Crippen LogP contribution < -0.4 is 17.5 Å². The summed E-state index contributed by atoms with van der Waals surface area (Å²) < 4.78 is 8.35. The summed E-state index contributed by atoms with van der Waals surface area (Å²) in [6.45, 7) is 6.76. The molecule has 0 bridgehead atoms. The average Bonchev–Trinajstić information content (AvgIpc) is 2.05. The molecule has 0 radical (unpaired) electrons. The standard InChI is InChI=1S/C8H16I2NO/c1-7(2)12-8-3-5-11(10-9)6-4-8/h7-8H,3-6H2,1-2H3/q-1. The Labute approximate surface area is 95.2 Å². The molecule has 0 aromatic rings. The SMILES string of the molecule is CC(C)OC1CCN([I-]I)CC1. The van der Waals surface area contributed by atoms with Gasteiger partial charge in [-0.1, -0.05) is 0 Å². The Morgan fingerprint density at radius 2 is 2.00 bits per heavy atom. The molecule has 0 unspecified atom stereocenters. The molecule has 4 heteroatoms. The second-order valence-electron chi connectivity index (χ2n) is 3.36. The zero-order chi connectivity index (χ0) is 8.97. The first-order valence-electron chi connectivity index (χ1n) is 4.39. The van der Waals surface area contributed by atoms with Gasteiger partial charge in [0.2, 0.25) is 0 Å². The van der Waals surface area contributed by atoms with Gasteiger partial charge in [0.1, 0.15) is 0 Å². The Morgan fingerprint density at radius 1 is 1.42 bits per heavy atom. The van der Waals surface area contributed by atoms with E-state index in [1.165, 1.54) is 25.9 Å². The molecule has 0 aromatic heterocycles. The summed E-state index contributed by atoms with van der Waals surface area (Å²) in [5.41, 5.74) is 0. The van der Waals surface area contributed by atoms with Crippen molar-refractivity contribution in [3.63, 3.8) is 0 Å². The molecule has 1 saturated heterocycles. The average molecular weight is 396 g/mol. The van der Waals surface area contributed by atoms with Crippen molar-refractivity contribution >= 4 is 18.6 Å². The van der Waals surface area contributed by atoms with Gasteiger partial charge in [0.25, 0.3) is 0 Å². The van der Waals surface area contributed by atoms with Gasteiger partial charge in [-0.15, -0.1) is 0 Å². The minimum absolute atomic E-state index is 0.294. The fourth-order valence-electron chi connectivity index (χ4n) is 1.41. The molecular weight excluding hydrogens is 380 g/mol. The molecule has 0 saturated carbocycles. The van der Waals surface area contributed by atoms with E-state index in [9.17, 15) is 0 Å². The van der Waals surface area contributed by atoms with E-state index >= 15 is 0 Å². The number of rotatable bonds is 3. The van der Waals surface area contributed by atoms with Gasteiger partial charge < -0.3 is 0 Å². The van der Waals surface area contributed by atoms with Crippen LogP contribution in [0.25, 0.3) is 0 Å². The van der Waals surface area contributed by atoms with E-state index in [1.807, 2.05) is 0 Å². The predicted octanol–water partition coefficient (Wildman–Crippen LogP) is -0.770. The number of hydrogen-bond acceptors (Lipinski definition) is 2. The molecule has 0 aromatic carbocycles. The molecule has 0 amide bonds. The monoisotopic (exact) mass is 396 g/mol. The topological polar surface area (TPSA) is 12.5 Å². The van der Waals surface area contributed by atoms with Crippen molar-refractivity contribution in [1.82, 2.24) is 3.11 Å². The molecule has 12 heavy (non-hydrogen) atoms. The Morgan fingerprint density at radius 3 is 2.42 bits per heavy atom. The molecule has 0 N–H and O–H groups in total. The van der Waals surface area contributed by atoms with Crippen LogP contribution >= 0.6 is 18.6 Å². The van der Waals surface area contributed by atoms with Gasteiger partial charge in [-0.2, -0.15) is 0 Å². The number of nitrogens with zero attached hydrogens (tertiary/aromatic N) is 1. The summed E-state index contributed by atoms with van der Waals surface area (Å²) in [6, 6.07) is 0. The third kappa shape index (κ3) is 4.06. The number of piperidine rings is 1. The van der Waals surface area contributed by atoms with Crippen molar-refractivity contribution in [1.29, 1.82) is 0 Å². The maximum absolute atomic E-state index is 5.77. The molecular formula is C8H16I2NO-. The normalized spacial score (nSPS) is 22.3. The summed E-state index contributed by atoms with van der Waals surface area (Å²) in [5.74, 6) is 0. The van der Waals surface area contributed by atoms with Crippen LogP contribution in [0.1, 0.15) is 26.7 Å². The molecule has 1 rings (SSSR count). The van der Waals surface area contributed by atoms with Crippen LogP contribution in [-0.2, 0) is 4.74 Å². The molecule has 1 fully saturated rings. The van der Waals surface area contributed by atoms with E-state index in [4.69, 9.17) is 4.74 Å². The van der Waals surface area contributed by atoms with Crippen molar-refractivity contribution in [2.45, 2.75) is 38.9 Å². The summed E-state index contributed by atoms with van der Waals surface area (Å²) in [5, 5.41) is 0. The summed E-state index contributed by atoms with van der Waals surface area (Å²) in [6.07, 6.45) is 3.41. The molecule has 2 nitrogen and oxygen atoms in total. The molecule has 74 valence electrons. The van der Waals surface area contributed by atoms with E-state index in [0.29, 0.717) is 29.7 Å². The van der Waals surface area contributed by atoms with Crippen molar-refractivity contribution < 1.29 is 22.2 Å². The quantitative estimate of drug-likeness (QED) is 0.459. The van der Waals surface area contributed by atoms with Gasteiger partial charge in [0, 0.05) is 0 Å². The molecule has 0 spiro atoms. The van der Waals surface area contributed by atoms with Crippen LogP contribution in [-0.4, -0.2) is 28.4 Å². The van der Waals surface area contributed by atoms with Crippen molar-refractivity contribution in [3.8, 4) is 0 Å². The van der Waals surface area contributed by atoms with E-state index in [1.54, 1.807) is 0 Å². The zero-order valence-corrected chi connectivity index (χ0v) is 11.9. The maximum atomic E-state index is 5.77. The van der Waals surface area contributed by atoms with Crippen molar-refractivity contribution in [2.24, 2.45) is 0 Å². The second-order valence-corrected chi connectivity index (χ2v) is 7.53. The van der Waals surface area contributed by atoms with Gasteiger partial charge >= 0.3 is 96.0 Å². The van der Waals surface area contributed by atoms with Gasteiger partial charge in [0.15, 0.2) is 0 Å². The Hall–Kier alpha value is 1.38. The summed E-state index contributed by atoms with van der Waals surface area (Å²) >= 11 is 2.83. The van der Waals surface area contributed by atoms with Crippen molar-refractivity contribution in [2.75, 3.05) is 13.1 Å². The van der Waals surface area contributed by atoms with Crippen LogP contribution in [0.4, 0.5) is 0 Å². The van der Waals surface area contributed by atoms with E-state index < -0.39 is 0 Å². The number of hydrogen-bond donors (Lipinski definition) is 0. The third-order valence-corrected chi connectivity index (χ3v) is 6.88. The zero-order valence-electron chi connectivity index (χ0n) is 7.59. The summed E-state index contributed by atoms with van der Waals surface area (Å²) in [4.78, 5) is 0. The van der Waals surface area contributed by atoms with Crippen LogP contribution in [0.2, 0.25) is 0 Å². The van der Waals surface area contributed by atoms with Gasteiger partial charge in [-0.05, 0) is 0 Å². The van der Waals surface area contributed by atoms with Crippen molar-refractivity contribution in [3.05, 3.63) is 0 Å². The van der Waals surface area contributed by atoms with Gasteiger partial charge in [0.05, 0.1) is 0 Å². The fourth-order valence-corrected chi connectivity index (χ4v) is 4.78. The third-order valence-electron chi connectivity index (χ3n) is 1.94. The molecule has 1 aliphatic rings. The van der Waals surface area contributed by atoms with Gasteiger partial charge in [-0.3, -0.25) is 0 Å². The van der Waals surface area contributed by atoms with Crippen LogP contribution in [0, 0.1) is 0 Å². The molecule has 1 aliphatic heterocycles. The number of halogens is 2. The fraction of sp³-hybridized carbons (Fsp3) is 1.00. The number of ether oxygens (including phenoxy) is 1. The first-order valence-corrected chi connectivity index (χ1v) is 11.6. The van der Waals surface area contributed by atoms with E-state index in [-0.39, 0.29) is 0 Å². The Kier molecular flexibility index (Phi) is 5.70. The summed E-state index contributed by atoms with van der Waals surface area (Å²) in [7, 11) is 0. The second kappa shape index (κ2) is 5.98. The first kappa shape index (κ1) is 11.5. The van der Waals surface area contributed by atoms with Crippen LogP contribution in [0.3, 0.4) is 0 Å². The Bertz CT molecular complexity index is 124. The first-order chi connectivity index (χ1) is 5.72.